The fourth-order valence-corrected chi connectivity index (χ4v) is 3.23. The molecule has 126 valence electrons. The average molecular weight is 321 g/mol. The first-order chi connectivity index (χ1) is 11.0. The van der Waals surface area contributed by atoms with Crippen LogP contribution in [-0.2, 0) is 20.7 Å². The second kappa shape index (κ2) is 7.57. The van der Waals surface area contributed by atoms with Crippen molar-refractivity contribution in [3.8, 4) is 0 Å². The SMILES string of the molecule is CCOC(=O)[C@]1(Cc2ccc(F)cc2)CCCN(C(=O)CC)C1. The molecule has 1 amide bonds. The smallest absolute Gasteiger partial charge is 0.314 e. The van der Waals surface area contributed by atoms with Gasteiger partial charge in [0.2, 0.25) is 5.91 Å². The van der Waals surface area contributed by atoms with Gasteiger partial charge in [0.15, 0.2) is 0 Å². The molecule has 1 aromatic carbocycles. The van der Waals surface area contributed by atoms with E-state index in [0.29, 0.717) is 39.0 Å². The fraction of sp³-hybridized carbons (Fsp3) is 0.556. The molecule has 1 atom stereocenters. The normalized spacial score (nSPS) is 21.1. The first-order valence-electron chi connectivity index (χ1n) is 8.20. The van der Waals surface area contributed by atoms with Crippen molar-refractivity contribution in [3.63, 3.8) is 0 Å². The van der Waals surface area contributed by atoms with E-state index in [1.54, 1.807) is 24.0 Å². The van der Waals surface area contributed by atoms with Crippen LogP contribution in [0, 0.1) is 11.2 Å². The molecular formula is C18H24FNO3. The van der Waals surface area contributed by atoms with Crippen LogP contribution in [0.25, 0.3) is 0 Å². The van der Waals surface area contributed by atoms with Gasteiger partial charge < -0.3 is 9.64 Å². The topological polar surface area (TPSA) is 46.6 Å². The van der Waals surface area contributed by atoms with E-state index in [9.17, 15) is 14.0 Å². The number of piperidine rings is 1. The summed E-state index contributed by atoms with van der Waals surface area (Å²) in [6.07, 6.45) is 2.33. The number of carbonyl (C=O) groups excluding carboxylic acids is 2. The molecule has 5 heteroatoms. The summed E-state index contributed by atoms with van der Waals surface area (Å²) >= 11 is 0. The summed E-state index contributed by atoms with van der Waals surface area (Å²) in [5.74, 6) is -0.513. The number of esters is 1. The Morgan fingerprint density at radius 3 is 2.57 bits per heavy atom. The summed E-state index contributed by atoms with van der Waals surface area (Å²) in [5.41, 5.74) is 0.141. The van der Waals surface area contributed by atoms with E-state index in [2.05, 4.69) is 0 Å². The summed E-state index contributed by atoms with van der Waals surface area (Å²) in [7, 11) is 0. The number of likely N-dealkylation sites (tertiary alicyclic amines) is 1. The Kier molecular flexibility index (Phi) is 5.74. The lowest BCUT2D eigenvalue weighted by Gasteiger charge is -2.41. The van der Waals surface area contributed by atoms with E-state index >= 15 is 0 Å². The molecule has 0 unspecified atom stereocenters. The third-order valence-corrected chi connectivity index (χ3v) is 4.40. The molecule has 0 radical (unpaired) electrons. The Balaban J connectivity index is 2.26. The van der Waals surface area contributed by atoms with Crippen LogP contribution in [0.1, 0.15) is 38.7 Å². The summed E-state index contributed by atoms with van der Waals surface area (Å²) in [6, 6.07) is 6.17. The number of carbonyl (C=O) groups is 2. The number of halogens is 1. The summed E-state index contributed by atoms with van der Waals surface area (Å²) in [4.78, 5) is 26.4. The molecule has 4 nitrogen and oxygen atoms in total. The Hall–Kier alpha value is -1.91. The first-order valence-corrected chi connectivity index (χ1v) is 8.20. The van der Waals surface area contributed by atoms with Crippen LogP contribution in [0.2, 0.25) is 0 Å². The highest BCUT2D eigenvalue weighted by molar-refractivity contribution is 5.81. The Morgan fingerprint density at radius 2 is 1.96 bits per heavy atom. The van der Waals surface area contributed by atoms with Gasteiger partial charge >= 0.3 is 5.97 Å². The molecule has 1 saturated heterocycles. The van der Waals surface area contributed by atoms with E-state index in [4.69, 9.17) is 4.74 Å². The van der Waals surface area contributed by atoms with Crippen molar-refractivity contribution in [2.24, 2.45) is 5.41 Å². The second-order valence-electron chi connectivity index (χ2n) is 6.08. The molecule has 0 spiro atoms. The monoisotopic (exact) mass is 321 g/mol. The van der Waals surface area contributed by atoms with Crippen LogP contribution in [0.3, 0.4) is 0 Å². The predicted molar refractivity (Wildman–Crippen MR) is 85.3 cm³/mol. The highest BCUT2D eigenvalue weighted by Gasteiger charge is 2.44. The minimum absolute atomic E-state index is 0.0532. The van der Waals surface area contributed by atoms with Gasteiger partial charge in [-0.25, -0.2) is 4.39 Å². The summed E-state index contributed by atoms with van der Waals surface area (Å²) < 4.78 is 18.4. The van der Waals surface area contributed by atoms with Gasteiger partial charge in [0.25, 0.3) is 0 Å². The van der Waals surface area contributed by atoms with Gasteiger partial charge in [-0.05, 0) is 43.9 Å². The third kappa shape index (κ3) is 4.09. The maximum Gasteiger partial charge on any atom is 0.314 e. The van der Waals surface area contributed by atoms with Crippen LogP contribution in [0.4, 0.5) is 4.39 Å². The van der Waals surface area contributed by atoms with Crippen molar-refractivity contribution in [2.45, 2.75) is 39.5 Å². The zero-order valence-corrected chi connectivity index (χ0v) is 13.8. The van der Waals surface area contributed by atoms with E-state index in [1.165, 1.54) is 12.1 Å². The minimum Gasteiger partial charge on any atom is -0.466 e. The van der Waals surface area contributed by atoms with Gasteiger partial charge in [-0.2, -0.15) is 0 Å². The first kappa shape index (κ1) is 17.4. The lowest BCUT2D eigenvalue weighted by atomic mass is 9.75. The third-order valence-electron chi connectivity index (χ3n) is 4.40. The number of nitrogens with zero attached hydrogens (tertiary/aromatic N) is 1. The maximum absolute atomic E-state index is 13.1. The van der Waals surface area contributed by atoms with Crippen molar-refractivity contribution in [1.29, 1.82) is 0 Å². The lowest BCUT2D eigenvalue weighted by Crippen LogP contribution is -2.51. The van der Waals surface area contributed by atoms with Gasteiger partial charge in [0.05, 0.1) is 12.0 Å². The van der Waals surface area contributed by atoms with Gasteiger partial charge in [-0.15, -0.1) is 0 Å². The number of benzene rings is 1. The highest BCUT2D eigenvalue weighted by atomic mass is 19.1. The Bertz CT molecular complexity index is 558. The number of amides is 1. The molecule has 0 N–H and O–H groups in total. The second-order valence-corrected chi connectivity index (χ2v) is 6.08. The lowest BCUT2D eigenvalue weighted by molar-refractivity contribution is -0.160. The highest BCUT2D eigenvalue weighted by Crippen LogP contribution is 2.35. The van der Waals surface area contributed by atoms with Crippen LogP contribution >= 0.6 is 0 Å². The molecule has 23 heavy (non-hydrogen) atoms. The van der Waals surface area contributed by atoms with Crippen molar-refractivity contribution in [2.75, 3.05) is 19.7 Å². The summed E-state index contributed by atoms with van der Waals surface area (Å²) in [5, 5.41) is 0. The Morgan fingerprint density at radius 1 is 1.26 bits per heavy atom. The molecule has 1 fully saturated rings. The van der Waals surface area contributed by atoms with Gasteiger partial charge in [0, 0.05) is 19.5 Å². The fourth-order valence-electron chi connectivity index (χ4n) is 3.23. The molecule has 1 aliphatic heterocycles. The quantitative estimate of drug-likeness (QED) is 0.783. The maximum atomic E-state index is 13.1. The van der Waals surface area contributed by atoms with Gasteiger partial charge in [0.1, 0.15) is 5.82 Å². The van der Waals surface area contributed by atoms with Gasteiger partial charge in [-0.1, -0.05) is 19.1 Å². The van der Waals surface area contributed by atoms with Gasteiger partial charge in [-0.3, -0.25) is 9.59 Å². The molecule has 2 rings (SSSR count). The zero-order valence-electron chi connectivity index (χ0n) is 13.8. The van der Waals surface area contributed by atoms with E-state index in [-0.39, 0.29) is 17.7 Å². The summed E-state index contributed by atoms with van der Waals surface area (Å²) in [6.45, 7) is 4.96. The Labute approximate surface area is 136 Å². The molecule has 1 aliphatic rings. The van der Waals surface area contributed by atoms with E-state index < -0.39 is 5.41 Å². The number of rotatable bonds is 5. The molecule has 1 aromatic rings. The number of hydrogen-bond acceptors (Lipinski definition) is 3. The molecular weight excluding hydrogens is 297 g/mol. The average Bonchev–Trinajstić information content (AvgIpc) is 2.56. The molecule has 1 heterocycles. The van der Waals surface area contributed by atoms with E-state index in [1.807, 2.05) is 6.92 Å². The predicted octanol–water partition coefficient (Wildman–Crippen LogP) is 2.95. The number of hydrogen-bond donors (Lipinski definition) is 0. The molecule has 0 saturated carbocycles. The van der Waals surface area contributed by atoms with E-state index in [0.717, 1.165) is 12.0 Å². The largest absolute Gasteiger partial charge is 0.466 e. The van der Waals surface area contributed by atoms with Crippen LogP contribution in [0.5, 0.6) is 0 Å². The molecule has 0 bridgehead atoms. The number of ether oxygens (including phenoxy) is 1. The molecule has 0 aliphatic carbocycles. The van der Waals surface area contributed by atoms with Crippen LogP contribution in [0.15, 0.2) is 24.3 Å². The van der Waals surface area contributed by atoms with Crippen molar-refractivity contribution in [1.82, 2.24) is 4.90 Å². The molecule has 0 aromatic heterocycles. The standard InChI is InChI=1S/C18H24FNO3/c1-3-16(21)20-11-5-10-18(13-20,17(22)23-4-2)12-14-6-8-15(19)9-7-14/h6-9H,3-5,10-13H2,1-2H3/t18-/m0/s1. The van der Waals surface area contributed by atoms with Crippen molar-refractivity contribution in [3.05, 3.63) is 35.6 Å². The van der Waals surface area contributed by atoms with Crippen LogP contribution in [-0.4, -0.2) is 36.5 Å². The van der Waals surface area contributed by atoms with Crippen molar-refractivity contribution < 1.29 is 18.7 Å². The van der Waals surface area contributed by atoms with Crippen LogP contribution < -0.4 is 0 Å². The minimum atomic E-state index is -0.739. The zero-order chi connectivity index (χ0) is 16.9. The van der Waals surface area contributed by atoms with Crippen molar-refractivity contribution >= 4 is 11.9 Å².